The molecule has 0 bridgehead atoms. The summed E-state index contributed by atoms with van der Waals surface area (Å²) in [7, 11) is 0. The summed E-state index contributed by atoms with van der Waals surface area (Å²) in [4.78, 5) is 16.7. The minimum atomic E-state index is 0. The summed E-state index contributed by atoms with van der Waals surface area (Å²) in [5.74, 6) is 0.0802. The van der Waals surface area contributed by atoms with Crippen molar-refractivity contribution >= 4 is 5.78 Å². The molecule has 4 heteroatoms. The van der Waals surface area contributed by atoms with Crippen LogP contribution in [0.2, 0.25) is 0 Å². The van der Waals surface area contributed by atoms with E-state index in [9.17, 15) is 4.79 Å². The van der Waals surface area contributed by atoms with Crippen LogP contribution in [0.5, 0.6) is 0 Å². The minimum Gasteiger partial charge on any atom is -1.00 e. The van der Waals surface area contributed by atoms with Crippen molar-refractivity contribution in [2.24, 2.45) is 0 Å². The standard InChI is InChI=1S/C20H19N2O.BrH/c1-15-8-9-18(16(2)12-15)19-10-11-22(14-21-19)13-20(23)17-6-4-3-5-7-17;/h3-12,14H,13H2,1-2H3;1H/q+1;/p-1. The zero-order valence-corrected chi connectivity index (χ0v) is 15.3. The van der Waals surface area contributed by atoms with E-state index in [-0.39, 0.29) is 22.8 Å². The molecule has 0 radical (unpaired) electrons. The van der Waals surface area contributed by atoms with Crippen molar-refractivity contribution in [3.05, 3.63) is 83.8 Å². The van der Waals surface area contributed by atoms with Crippen LogP contribution in [0, 0.1) is 13.8 Å². The number of hydrogen-bond acceptors (Lipinski definition) is 2. The Hall–Kier alpha value is -2.33. The highest BCUT2D eigenvalue weighted by atomic mass is 79.9. The monoisotopic (exact) mass is 382 g/mol. The first-order valence-electron chi connectivity index (χ1n) is 7.64. The Kier molecular flexibility index (Phi) is 5.99. The van der Waals surface area contributed by atoms with Gasteiger partial charge in [0.25, 0.3) is 6.33 Å². The zero-order valence-electron chi connectivity index (χ0n) is 13.7. The lowest BCUT2D eigenvalue weighted by molar-refractivity contribution is -0.686. The van der Waals surface area contributed by atoms with E-state index in [0.29, 0.717) is 6.54 Å². The summed E-state index contributed by atoms with van der Waals surface area (Å²) >= 11 is 0. The molecule has 0 spiro atoms. The molecule has 0 unspecified atom stereocenters. The van der Waals surface area contributed by atoms with Gasteiger partial charge in [-0.2, -0.15) is 0 Å². The fourth-order valence-electron chi connectivity index (χ4n) is 2.62. The van der Waals surface area contributed by atoms with Gasteiger partial charge in [-0.1, -0.05) is 54.1 Å². The van der Waals surface area contributed by atoms with Crippen molar-refractivity contribution in [2.75, 3.05) is 0 Å². The van der Waals surface area contributed by atoms with Crippen molar-refractivity contribution in [2.45, 2.75) is 20.4 Å². The van der Waals surface area contributed by atoms with Crippen LogP contribution in [0.25, 0.3) is 11.3 Å². The van der Waals surface area contributed by atoms with E-state index >= 15 is 0 Å². The average molecular weight is 383 g/mol. The van der Waals surface area contributed by atoms with Crippen LogP contribution in [0.3, 0.4) is 0 Å². The van der Waals surface area contributed by atoms with Crippen molar-refractivity contribution in [1.82, 2.24) is 4.98 Å². The van der Waals surface area contributed by atoms with Crippen LogP contribution in [-0.4, -0.2) is 10.8 Å². The lowest BCUT2D eigenvalue weighted by Crippen LogP contribution is -3.00. The summed E-state index contributed by atoms with van der Waals surface area (Å²) in [6.45, 7) is 4.46. The van der Waals surface area contributed by atoms with Gasteiger partial charge in [0, 0.05) is 17.2 Å². The Morgan fingerprint density at radius 3 is 2.42 bits per heavy atom. The number of aryl methyl sites for hydroxylation is 2. The number of benzene rings is 2. The fourth-order valence-corrected chi connectivity index (χ4v) is 2.62. The van der Waals surface area contributed by atoms with Crippen LogP contribution in [-0.2, 0) is 6.54 Å². The van der Waals surface area contributed by atoms with Gasteiger partial charge in [0.15, 0.2) is 12.2 Å². The van der Waals surface area contributed by atoms with Crippen molar-refractivity contribution in [3.8, 4) is 11.3 Å². The molecule has 3 rings (SSSR count). The maximum absolute atomic E-state index is 12.2. The Labute approximate surface area is 152 Å². The molecule has 0 aliphatic heterocycles. The van der Waals surface area contributed by atoms with E-state index < -0.39 is 0 Å². The molecular weight excluding hydrogens is 364 g/mol. The molecule has 1 heterocycles. The van der Waals surface area contributed by atoms with Gasteiger partial charge in [0.2, 0.25) is 5.78 Å². The van der Waals surface area contributed by atoms with Gasteiger partial charge < -0.3 is 17.0 Å². The Morgan fingerprint density at radius 2 is 1.79 bits per heavy atom. The molecule has 24 heavy (non-hydrogen) atoms. The molecule has 3 aromatic rings. The quantitative estimate of drug-likeness (QED) is 0.487. The summed E-state index contributed by atoms with van der Waals surface area (Å²) in [5, 5.41) is 0. The first-order valence-corrected chi connectivity index (χ1v) is 7.64. The molecule has 2 aromatic carbocycles. The molecule has 1 aromatic heterocycles. The molecule has 0 atom stereocenters. The highest BCUT2D eigenvalue weighted by molar-refractivity contribution is 5.94. The van der Waals surface area contributed by atoms with Gasteiger partial charge in [-0.3, -0.25) is 4.79 Å². The Balaban J connectivity index is 0.00000208. The van der Waals surface area contributed by atoms with E-state index in [4.69, 9.17) is 0 Å². The van der Waals surface area contributed by atoms with E-state index in [0.717, 1.165) is 16.8 Å². The number of Topliss-reactive ketones (excluding diaryl/α,β-unsaturated/α-hetero) is 1. The van der Waals surface area contributed by atoms with E-state index in [1.165, 1.54) is 11.1 Å². The smallest absolute Gasteiger partial charge is 0.287 e. The molecule has 0 fully saturated rings. The van der Waals surface area contributed by atoms with Gasteiger partial charge in [-0.15, -0.1) is 0 Å². The number of aromatic nitrogens is 2. The molecule has 0 aliphatic carbocycles. The Morgan fingerprint density at radius 1 is 1.04 bits per heavy atom. The number of carbonyl (C=O) groups is 1. The third-order valence-corrected chi connectivity index (χ3v) is 3.85. The predicted octanol–water partition coefficient (Wildman–Crippen LogP) is 0.540. The molecule has 122 valence electrons. The van der Waals surface area contributed by atoms with Crippen molar-refractivity contribution in [1.29, 1.82) is 0 Å². The number of halogens is 1. The average Bonchev–Trinajstić information content (AvgIpc) is 2.57. The number of rotatable bonds is 4. The first-order chi connectivity index (χ1) is 11.1. The molecule has 0 saturated carbocycles. The summed E-state index contributed by atoms with van der Waals surface area (Å²) in [6.07, 6.45) is 3.62. The number of hydrogen-bond donors (Lipinski definition) is 0. The normalized spacial score (nSPS) is 10.1. The van der Waals surface area contributed by atoms with E-state index in [1.54, 1.807) is 6.33 Å². The molecular formula is C20H19BrN2O. The third kappa shape index (κ3) is 4.15. The van der Waals surface area contributed by atoms with Gasteiger partial charge in [0.05, 0.1) is 6.20 Å². The molecule has 0 N–H and O–H groups in total. The third-order valence-electron chi connectivity index (χ3n) is 3.85. The highest BCUT2D eigenvalue weighted by Gasteiger charge is 2.12. The van der Waals surface area contributed by atoms with E-state index in [1.807, 2.05) is 47.2 Å². The second-order valence-corrected chi connectivity index (χ2v) is 5.73. The van der Waals surface area contributed by atoms with Crippen LogP contribution in [0.15, 0.2) is 67.1 Å². The highest BCUT2D eigenvalue weighted by Crippen LogP contribution is 2.21. The molecule has 0 amide bonds. The number of carbonyl (C=O) groups excluding carboxylic acids is 1. The zero-order chi connectivity index (χ0) is 16.2. The van der Waals surface area contributed by atoms with Crippen LogP contribution in [0.1, 0.15) is 21.5 Å². The summed E-state index contributed by atoms with van der Waals surface area (Å²) < 4.78 is 1.81. The van der Waals surface area contributed by atoms with Crippen molar-refractivity contribution in [3.63, 3.8) is 0 Å². The lowest BCUT2D eigenvalue weighted by Gasteiger charge is -2.04. The summed E-state index contributed by atoms with van der Waals surface area (Å²) in [5.41, 5.74) is 5.21. The minimum absolute atomic E-state index is 0. The van der Waals surface area contributed by atoms with Crippen LogP contribution < -0.4 is 21.5 Å². The van der Waals surface area contributed by atoms with E-state index in [2.05, 4.69) is 37.0 Å². The SMILES string of the molecule is Cc1ccc(-c2cc[n+](CC(=O)c3ccccc3)cn2)c(C)c1.[Br-]. The maximum atomic E-state index is 12.2. The van der Waals surface area contributed by atoms with Crippen molar-refractivity contribution < 1.29 is 26.3 Å². The topological polar surface area (TPSA) is 33.8 Å². The van der Waals surface area contributed by atoms with Gasteiger partial charge in [0.1, 0.15) is 0 Å². The number of nitrogens with zero attached hydrogens (tertiary/aromatic N) is 2. The molecule has 0 saturated heterocycles. The van der Waals surface area contributed by atoms with Gasteiger partial charge in [-0.25, -0.2) is 4.57 Å². The van der Waals surface area contributed by atoms with Gasteiger partial charge in [-0.05, 0) is 24.4 Å². The van der Waals surface area contributed by atoms with Crippen LogP contribution in [0.4, 0.5) is 0 Å². The predicted molar refractivity (Wildman–Crippen MR) is 90.1 cm³/mol. The largest absolute Gasteiger partial charge is 1.00 e. The second-order valence-electron chi connectivity index (χ2n) is 5.73. The molecule has 0 aliphatic rings. The maximum Gasteiger partial charge on any atom is 0.287 e. The van der Waals surface area contributed by atoms with Gasteiger partial charge >= 0.3 is 0 Å². The molecule has 3 nitrogen and oxygen atoms in total. The summed E-state index contributed by atoms with van der Waals surface area (Å²) in [6, 6.07) is 17.6. The number of ketones is 1. The Bertz CT molecular complexity index is 830. The van der Waals surface area contributed by atoms with Crippen LogP contribution >= 0.6 is 0 Å². The fraction of sp³-hybridized carbons (Fsp3) is 0.150. The first kappa shape index (κ1) is 18.0. The second kappa shape index (κ2) is 7.97. The lowest BCUT2D eigenvalue weighted by atomic mass is 10.0.